The number of hydrogen-bond donors (Lipinski definition) is 1. The highest BCUT2D eigenvalue weighted by atomic mass is 32.2. The second-order valence-electron chi connectivity index (χ2n) is 6.28. The third-order valence-corrected chi connectivity index (χ3v) is 5.77. The van der Waals surface area contributed by atoms with E-state index in [1.165, 1.54) is 23.5 Å². The maximum atomic E-state index is 12.3. The SMILES string of the molecule is COc1ccc(-c2nnc(SCC(=O)Nc3nc(-c4ccc([N+](=O)[O-])cc4)cs3)o2)cc1. The molecule has 0 spiro atoms. The Kier molecular flexibility index (Phi) is 6.42. The summed E-state index contributed by atoms with van der Waals surface area (Å²) in [7, 11) is 1.59. The number of carbonyl (C=O) groups is 1. The number of amides is 1. The van der Waals surface area contributed by atoms with E-state index < -0.39 is 4.92 Å². The van der Waals surface area contributed by atoms with Crippen molar-refractivity contribution in [2.24, 2.45) is 0 Å². The molecule has 0 radical (unpaired) electrons. The number of aromatic nitrogens is 3. The summed E-state index contributed by atoms with van der Waals surface area (Å²) in [5.74, 6) is 0.863. The van der Waals surface area contributed by atoms with Gasteiger partial charge >= 0.3 is 0 Å². The molecule has 162 valence electrons. The Hall–Kier alpha value is -3.77. The van der Waals surface area contributed by atoms with Gasteiger partial charge in [-0.05, 0) is 36.4 Å². The molecule has 0 aliphatic heterocycles. The van der Waals surface area contributed by atoms with Crippen molar-refractivity contribution in [3.63, 3.8) is 0 Å². The van der Waals surface area contributed by atoms with Gasteiger partial charge in [0.25, 0.3) is 10.9 Å². The van der Waals surface area contributed by atoms with E-state index in [-0.39, 0.29) is 22.6 Å². The van der Waals surface area contributed by atoms with Crippen LogP contribution in [0.4, 0.5) is 10.8 Å². The lowest BCUT2D eigenvalue weighted by Crippen LogP contribution is -2.13. The van der Waals surface area contributed by atoms with Crippen LogP contribution in [0.15, 0.2) is 63.6 Å². The number of nitro groups is 1. The van der Waals surface area contributed by atoms with Gasteiger partial charge in [0.15, 0.2) is 5.13 Å². The number of thiazole rings is 1. The Morgan fingerprint density at radius 1 is 1.16 bits per heavy atom. The zero-order valence-corrected chi connectivity index (χ0v) is 18.2. The van der Waals surface area contributed by atoms with Gasteiger partial charge in [0.2, 0.25) is 11.8 Å². The van der Waals surface area contributed by atoms with Crippen LogP contribution in [0.25, 0.3) is 22.7 Å². The number of thioether (sulfide) groups is 1. The summed E-state index contributed by atoms with van der Waals surface area (Å²) < 4.78 is 10.7. The highest BCUT2D eigenvalue weighted by molar-refractivity contribution is 7.99. The molecule has 2 aromatic carbocycles. The number of methoxy groups -OCH3 is 1. The summed E-state index contributed by atoms with van der Waals surface area (Å²) >= 11 is 2.38. The minimum atomic E-state index is -0.461. The van der Waals surface area contributed by atoms with E-state index in [9.17, 15) is 14.9 Å². The van der Waals surface area contributed by atoms with Gasteiger partial charge < -0.3 is 14.5 Å². The lowest BCUT2D eigenvalue weighted by atomic mass is 10.1. The van der Waals surface area contributed by atoms with Crippen LogP contribution in [0.2, 0.25) is 0 Å². The van der Waals surface area contributed by atoms with Crippen molar-refractivity contribution in [2.75, 3.05) is 18.2 Å². The predicted molar refractivity (Wildman–Crippen MR) is 120 cm³/mol. The Morgan fingerprint density at radius 3 is 2.56 bits per heavy atom. The van der Waals surface area contributed by atoms with E-state index in [1.807, 2.05) is 0 Å². The van der Waals surface area contributed by atoms with Crippen LogP contribution in [-0.4, -0.2) is 38.9 Å². The summed E-state index contributed by atoms with van der Waals surface area (Å²) in [6.07, 6.45) is 0. The van der Waals surface area contributed by atoms with Crippen molar-refractivity contribution in [2.45, 2.75) is 5.22 Å². The van der Waals surface area contributed by atoms with Crippen molar-refractivity contribution in [3.8, 4) is 28.5 Å². The number of non-ortho nitro benzene ring substituents is 1. The number of anilines is 1. The van der Waals surface area contributed by atoms with Crippen LogP contribution in [0.5, 0.6) is 5.75 Å². The van der Waals surface area contributed by atoms with Crippen LogP contribution in [0, 0.1) is 10.1 Å². The van der Waals surface area contributed by atoms with Crippen LogP contribution in [0.3, 0.4) is 0 Å². The highest BCUT2D eigenvalue weighted by Gasteiger charge is 2.13. The van der Waals surface area contributed by atoms with E-state index in [1.54, 1.807) is 48.9 Å². The molecule has 0 atom stereocenters. The summed E-state index contributed by atoms with van der Waals surface area (Å²) in [5.41, 5.74) is 2.09. The Labute approximate surface area is 189 Å². The predicted octanol–water partition coefficient (Wildman–Crippen LogP) is 4.51. The number of benzene rings is 2. The average Bonchev–Trinajstić information content (AvgIpc) is 3.48. The highest BCUT2D eigenvalue weighted by Crippen LogP contribution is 2.28. The van der Waals surface area contributed by atoms with Gasteiger partial charge in [0, 0.05) is 28.6 Å². The van der Waals surface area contributed by atoms with Crippen molar-refractivity contribution < 1.29 is 18.9 Å². The molecule has 1 N–H and O–H groups in total. The first-order valence-corrected chi connectivity index (χ1v) is 11.0. The molecule has 10 nitrogen and oxygen atoms in total. The van der Waals surface area contributed by atoms with E-state index in [4.69, 9.17) is 9.15 Å². The lowest BCUT2D eigenvalue weighted by Gasteiger charge is -2.00. The van der Waals surface area contributed by atoms with Gasteiger partial charge in [-0.3, -0.25) is 14.9 Å². The largest absolute Gasteiger partial charge is 0.497 e. The smallest absolute Gasteiger partial charge is 0.277 e. The first-order chi connectivity index (χ1) is 15.5. The Balaban J connectivity index is 1.32. The zero-order valence-electron chi connectivity index (χ0n) is 16.5. The average molecular weight is 470 g/mol. The van der Waals surface area contributed by atoms with Crippen LogP contribution in [0.1, 0.15) is 0 Å². The van der Waals surface area contributed by atoms with Gasteiger partial charge in [0.05, 0.1) is 23.5 Å². The van der Waals surface area contributed by atoms with Crippen LogP contribution < -0.4 is 10.1 Å². The molecule has 32 heavy (non-hydrogen) atoms. The fourth-order valence-corrected chi connectivity index (χ4v) is 3.92. The molecule has 12 heteroatoms. The lowest BCUT2D eigenvalue weighted by molar-refractivity contribution is -0.384. The molecule has 0 unspecified atom stereocenters. The van der Waals surface area contributed by atoms with E-state index >= 15 is 0 Å². The molecule has 0 aliphatic rings. The summed E-state index contributed by atoms with van der Waals surface area (Å²) in [4.78, 5) is 26.9. The number of nitro benzene ring substituents is 1. The molecule has 0 aliphatic carbocycles. The number of hydrogen-bond acceptors (Lipinski definition) is 10. The first kappa shape index (κ1) is 21.5. The number of nitrogens with zero attached hydrogens (tertiary/aromatic N) is 4. The second kappa shape index (κ2) is 9.58. The van der Waals surface area contributed by atoms with Gasteiger partial charge in [0.1, 0.15) is 5.75 Å². The van der Waals surface area contributed by atoms with Gasteiger partial charge in [-0.15, -0.1) is 21.5 Å². The number of nitrogens with one attached hydrogen (secondary N) is 1. The third-order valence-electron chi connectivity index (χ3n) is 4.19. The van der Waals surface area contributed by atoms with Gasteiger partial charge in [-0.2, -0.15) is 0 Å². The van der Waals surface area contributed by atoms with Crippen LogP contribution in [-0.2, 0) is 4.79 Å². The maximum Gasteiger partial charge on any atom is 0.277 e. The fourth-order valence-electron chi connectivity index (χ4n) is 2.62. The molecule has 0 fully saturated rings. The third kappa shape index (κ3) is 5.10. The Morgan fingerprint density at radius 2 is 1.88 bits per heavy atom. The monoisotopic (exact) mass is 469 g/mol. The van der Waals surface area contributed by atoms with Gasteiger partial charge in [-0.25, -0.2) is 4.98 Å². The minimum absolute atomic E-state index is 0.00528. The molecule has 0 saturated carbocycles. The number of rotatable bonds is 8. The molecule has 2 heterocycles. The summed E-state index contributed by atoms with van der Waals surface area (Å²) in [6, 6.07) is 13.2. The van der Waals surface area contributed by atoms with Gasteiger partial charge in [-0.1, -0.05) is 11.8 Å². The van der Waals surface area contributed by atoms with E-state index in [0.717, 1.165) is 28.6 Å². The molecular formula is C20H15N5O5S2. The minimum Gasteiger partial charge on any atom is -0.497 e. The maximum absolute atomic E-state index is 12.3. The van der Waals surface area contributed by atoms with E-state index in [0.29, 0.717) is 16.7 Å². The molecule has 1 amide bonds. The molecule has 4 aromatic rings. The summed E-state index contributed by atoms with van der Waals surface area (Å²) in [5, 5.41) is 23.9. The summed E-state index contributed by atoms with van der Waals surface area (Å²) in [6.45, 7) is 0. The molecule has 0 saturated heterocycles. The quantitative estimate of drug-likeness (QED) is 0.225. The van der Waals surface area contributed by atoms with Crippen molar-refractivity contribution in [1.82, 2.24) is 15.2 Å². The van der Waals surface area contributed by atoms with Crippen molar-refractivity contribution in [1.29, 1.82) is 0 Å². The zero-order chi connectivity index (χ0) is 22.5. The second-order valence-corrected chi connectivity index (χ2v) is 8.07. The fraction of sp³-hybridized carbons (Fsp3) is 0.100. The van der Waals surface area contributed by atoms with Crippen molar-refractivity contribution >= 4 is 39.8 Å². The molecular weight excluding hydrogens is 454 g/mol. The standard InChI is InChI=1S/C20H15N5O5S2/c1-29-15-8-4-13(5-9-15)18-23-24-20(30-18)32-11-17(26)22-19-21-16(10-31-19)12-2-6-14(7-3-12)25(27)28/h2-10H,11H2,1H3,(H,21,22,26). The van der Waals surface area contributed by atoms with Crippen molar-refractivity contribution in [3.05, 3.63) is 64.0 Å². The normalized spacial score (nSPS) is 10.7. The molecule has 2 aromatic heterocycles. The molecule has 0 bridgehead atoms. The first-order valence-electron chi connectivity index (χ1n) is 9.13. The Bertz CT molecular complexity index is 1240. The van der Waals surface area contributed by atoms with Crippen LogP contribution >= 0.6 is 23.1 Å². The molecule has 4 rings (SSSR count). The number of ether oxygens (including phenoxy) is 1. The topological polar surface area (TPSA) is 133 Å². The van der Waals surface area contributed by atoms with E-state index in [2.05, 4.69) is 20.5 Å². The number of carbonyl (C=O) groups excluding carboxylic acids is 1.